The van der Waals surface area contributed by atoms with E-state index in [1.54, 1.807) is 0 Å². The third-order valence-electron chi connectivity index (χ3n) is 4.79. The first-order valence-corrected chi connectivity index (χ1v) is 8.59. The summed E-state index contributed by atoms with van der Waals surface area (Å²) in [7, 11) is 0. The summed E-state index contributed by atoms with van der Waals surface area (Å²) in [5, 5.41) is 2.94. The molecule has 4 nitrogen and oxygen atoms in total. The number of carbonyl (C=O) groups is 1. The Labute approximate surface area is 143 Å². The molecule has 1 aliphatic heterocycles. The number of carbonyl (C=O) groups excluding carboxylic acids is 1. The summed E-state index contributed by atoms with van der Waals surface area (Å²) >= 11 is 0. The number of piperidine rings is 1. The zero-order valence-corrected chi connectivity index (χ0v) is 14.4. The van der Waals surface area contributed by atoms with E-state index < -0.39 is 0 Å². The largest absolute Gasteiger partial charge is 0.397 e. The molecule has 0 aliphatic carbocycles. The lowest BCUT2D eigenvalue weighted by Gasteiger charge is -2.36. The second kappa shape index (κ2) is 6.95. The monoisotopic (exact) mass is 323 g/mol. The Morgan fingerprint density at radius 3 is 2.71 bits per heavy atom. The van der Waals surface area contributed by atoms with Crippen LogP contribution in [0.1, 0.15) is 42.1 Å². The average molecular weight is 323 g/mol. The van der Waals surface area contributed by atoms with Gasteiger partial charge in [-0.2, -0.15) is 0 Å². The minimum atomic E-state index is -0.105. The number of benzene rings is 2. The predicted molar refractivity (Wildman–Crippen MR) is 101 cm³/mol. The Morgan fingerprint density at radius 2 is 2.00 bits per heavy atom. The summed E-state index contributed by atoms with van der Waals surface area (Å²) in [5.74, 6) is -0.105. The van der Waals surface area contributed by atoms with E-state index in [2.05, 4.69) is 17.1 Å². The molecule has 24 heavy (non-hydrogen) atoms. The van der Waals surface area contributed by atoms with Gasteiger partial charge in [0.2, 0.25) is 0 Å². The lowest BCUT2D eigenvalue weighted by atomic mass is 10.0. The molecule has 1 unspecified atom stereocenters. The molecule has 1 saturated heterocycles. The molecule has 0 spiro atoms. The fourth-order valence-corrected chi connectivity index (χ4v) is 3.38. The highest BCUT2D eigenvalue weighted by Gasteiger charge is 2.20. The van der Waals surface area contributed by atoms with Crippen molar-refractivity contribution in [2.24, 2.45) is 0 Å². The smallest absolute Gasteiger partial charge is 0.255 e. The zero-order valence-electron chi connectivity index (χ0n) is 14.4. The number of nitrogens with zero attached hydrogens (tertiary/aromatic N) is 1. The minimum absolute atomic E-state index is 0.105. The normalized spacial score (nSPS) is 17.6. The molecular weight excluding hydrogens is 298 g/mol. The third-order valence-corrected chi connectivity index (χ3v) is 4.79. The van der Waals surface area contributed by atoms with Crippen molar-refractivity contribution in [3.8, 4) is 0 Å². The highest BCUT2D eigenvalue weighted by molar-refractivity contribution is 6.05. The zero-order chi connectivity index (χ0) is 17.1. The number of nitrogens with two attached hydrogens (primary N) is 1. The van der Waals surface area contributed by atoms with Gasteiger partial charge in [0.15, 0.2) is 0 Å². The average Bonchev–Trinajstić information content (AvgIpc) is 2.56. The molecule has 1 aliphatic rings. The van der Waals surface area contributed by atoms with Crippen LogP contribution in [0.3, 0.4) is 0 Å². The molecule has 4 heteroatoms. The highest BCUT2D eigenvalue weighted by Crippen LogP contribution is 2.31. The predicted octanol–water partition coefficient (Wildman–Crippen LogP) is 4.21. The maximum absolute atomic E-state index is 12.4. The van der Waals surface area contributed by atoms with Gasteiger partial charge in [0.1, 0.15) is 0 Å². The quantitative estimate of drug-likeness (QED) is 0.832. The summed E-state index contributed by atoms with van der Waals surface area (Å²) < 4.78 is 0. The lowest BCUT2D eigenvalue weighted by molar-refractivity contribution is 0.102. The van der Waals surface area contributed by atoms with E-state index in [-0.39, 0.29) is 5.91 Å². The molecule has 2 aromatic carbocycles. The fourth-order valence-electron chi connectivity index (χ4n) is 3.38. The Bertz CT molecular complexity index is 741. The molecule has 0 saturated carbocycles. The van der Waals surface area contributed by atoms with Gasteiger partial charge in [-0.15, -0.1) is 0 Å². The van der Waals surface area contributed by atoms with Crippen molar-refractivity contribution in [1.82, 2.24) is 0 Å². The molecule has 1 fully saturated rings. The molecule has 0 aromatic heterocycles. The number of nitrogen functional groups attached to an aromatic ring is 1. The van der Waals surface area contributed by atoms with Crippen LogP contribution in [-0.4, -0.2) is 18.5 Å². The minimum Gasteiger partial charge on any atom is -0.397 e. The SMILES string of the molecule is Cc1ccccc1C(=O)Nc1ccc(N2CCCCC2C)c(N)c1. The summed E-state index contributed by atoms with van der Waals surface area (Å²) in [6.45, 7) is 5.22. The van der Waals surface area contributed by atoms with Crippen molar-refractivity contribution >= 4 is 23.0 Å². The molecule has 2 aromatic rings. The Morgan fingerprint density at radius 1 is 1.21 bits per heavy atom. The van der Waals surface area contributed by atoms with Gasteiger partial charge in [0.05, 0.1) is 11.4 Å². The second-order valence-corrected chi connectivity index (χ2v) is 6.58. The highest BCUT2D eigenvalue weighted by atomic mass is 16.1. The van der Waals surface area contributed by atoms with Gasteiger partial charge in [-0.3, -0.25) is 4.79 Å². The van der Waals surface area contributed by atoms with Crippen LogP contribution in [0, 0.1) is 6.92 Å². The number of hydrogen-bond acceptors (Lipinski definition) is 3. The van der Waals surface area contributed by atoms with Gasteiger partial charge >= 0.3 is 0 Å². The van der Waals surface area contributed by atoms with E-state index in [9.17, 15) is 4.79 Å². The van der Waals surface area contributed by atoms with Crippen LogP contribution in [0.4, 0.5) is 17.1 Å². The van der Waals surface area contributed by atoms with Gasteiger partial charge in [-0.25, -0.2) is 0 Å². The third kappa shape index (κ3) is 3.37. The van der Waals surface area contributed by atoms with Crippen molar-refractivity contribution in [3.05, 3.63) is 53.6 Å². The maximum Gasteiger partial charge on any atom is 0.255 e. The van der Waals surface area contributed by atoms with Crippen molar-refractivity contribution < 1.29 is 4.79 Å². The number of hydrogen-bond donors (Lipinski definition) is 2. The van der Waals surface area contributed by atoms with Gasteiger partial charge < -0.3 is 16.0 Å². The van der Waals surface area contributed by atoms with E-state index in [0.717, 1.165) is 23.5 Å². The van der Waals surface area contributed by atoms with Crippen LogP contribution in [-0.2, 0) is 0 Å². The van der Waals surface area contributed by atoms with Crippen molar-refractivity contribution in [1.29, 1.82) is 0 Å². The number of rotatable bonds is 3. The first kappa shape index (κ1) is 16.4. The summed E-state index contributed by atoms with van der Waals surface area (Å²) in [6, 6.07) is 13.9. The Balaban J connectivity index is 1.77. The molecule has 3 rings (SSSR count). The van der Waals surface area contributed by atoms with Crippen molar-refractivity contribution in [2.75, 3.05) is 22.5 Å². The Kier molecular flexibility index (Phi) is 4.74. The summed E-state index contributed by atoms with van der Waals surface area (Å²) in [6.07, 6.45) is 3.68. The van der Waals surface area contributed by atoms with Gasteiger partial charge in [-0.05, 0) is 62.9 Å². The van der Waals surface area contributed by atoms with Crippen molar-refractivity contribution in [3.63, 3.8) is 0 Å². The van der Waals surface area contributed by atoms with Crippen LogP contribution in [0.2, 0.25) is 0 Å². The molecule has 126 valence electrons. The molecule has 1 amide bonds. The second-order valence-electron chi connectivity index (χ2n) is 6.58. The lowest BCUT2D eigenvalue weighted by Crippen LogP contribution is -2.37. The molecule has 0 radical (unpaired) electrons. The van der Waals surface area contributed by atoms with Crippen LogP contribution in [0.5, 0.6) is 0 Å². The van der Waals surface area contributed by atoms with Crippen LogP contribution in [0.15, 0.2) is 42.5 Å². The molecular formula is C20H25N3O. The summed E-state index contributed by atoms with van der Waals surface area (Å²) in [4.78, 5) is 14.8. The molecule has 0 bridgehead atoms. The van der Waals surface area contributed by atoms with E-state index in [4.69, 9.17) is 5.73 Å². The van der Waals surface area contributed by atoms with Crippen LogP contribution >= 0.6 is 0 Å². The Hall–Kier alpha value is -2.49. The van der Waals surface area contributed by atoms with E-state index >= 15 is 0 Å². The fraction of sp³-hybridized carbons (Fsp3) is 0.350. The molecule has 3 N–H and O–H groups in total. The first-order chi connectivity index (χ1) is 11.6. The number of nitrogens with one attached hydrogen (secondary N) is 1. The topological polar surface area (TPSA) is 58.4 Å². The van der Waals surface area contributed by atoms with Gasteiger partial charge in [-0.1, -0.05) is 18.2 Å². The van der Waals surface area contributed by atoms with Gasteiger partial charge in [0.25, 0.3) is 5.91 Å². The van der Waals surface area contributed by atoms with Crippen LogP contribution < -0.4 is 16.0 Å². The van der Waals surface area contributed by atoms with Gasteiger partial charge in [0, 0.05) is 23.8 Å². The maximum atomic E-state index is 12.4. The number of anilines is 3. The molecule has 1 heterocycles. The number of amides is 1. The number of aryl methyl sites for hydroxylation is 1. The van der Waals surface area contributed by atoms with E-state index in [1.165, 1.54) is 19.3 Å². The van der Waals surface area contributed by atoms with E-state index in [1.807, 2.05) is 49.4 Å². The van der Waals surface area contributed by atoms with Crippen molar-refractivity contribution in [2.45, 2.75) is 39.2 Å². The summed E-state index contributed by atoms with van der Waals surface area (Å²) in [5.41, 5.74) is 10.4. The first-order valence-electron chi connectivity index (χ1n) is 8.59. The van der Waals surface area contributed by atoms with E-state index in [0.29, 0.717) is 17.3 Å². The molecule has 1 atom stereocenters. The standard InChI is InChI=1S/C20H25N3O/c1-14-7-3-4-9-17(14)20(24)22-16-10-11-19(18(21)13-16)23-12-6-5-8-15(23)2/h3-4,7,9-11,13,15H,5-6,8,12,21H2,1-2H3,(H,22,24). The van der Waals surface area contributed by atoms with Crippen LogP contribution in [0.25, 0.3) is 0 Å².